The Balaban J connectivity index is 3.05. The molecule has 5 nitrogen and oxygen atoms in total. The van der Waals surface area contributed by atoms with E-state index >= 15 is 0 Å². The molecule has 0 aliphatic rings. The van der Waals surface area contributed by atoms with Crippen LogP contribution in [0.3, 0.4) is 0 Å². The average Bonchev–Trinajstić information content (AvgIpc) is 2.20. The number of aromatic nitrogens is 1. The molecule has 0 saturated carbocycles. The Labute approximate surface area is 88.0 Å². The number of hydrogen-bond donors (Lipinski definition) is 1. The second kappa shape index (κ2) is 4.54. The first kappa shape index (κ1) is 11.2. The highest BCUT2D eigenvalue weighted by atomic mass is 16.6. The molecule has 5 heteroatoms. The fourth-order valence-electron chi connectivity index (χ4n) is 1.08. The van der Waals surface area contributed by atoms with Gasteiger partial charge in [-0.2, -0.15) is 0 Å². The van der Waals surface area contributed by atoms with E-state index in [1.807, 2.05) is 6.92 Å². The lowest BCUT2D eigenvalue weighted by molar-refractivity contribution is -0.384. The largest absolute Gasteiger partial charge is 0.358 e. The van der Waals surface area contributed by atoms with Crippen molar-refractivity contribution in [2.24, 2.45) is 0 Å². The van der Waals surface area contributed by atoms with Gasteiger partial charge in [-0.25, -0.2) is 4.98 Å². The number of aryl methyl sites for hydroxylation is 1. The van der Waals surface area contributed by atoms with Crippen molar-refractivity contribution < 1.29 is 4.92 Å². The van der Waals surface area contributed by atoms with Crippen LogP contribution < -0.4 is 5.32 Å². The second-order valence-electron chi connectivity index (χ2n) is 3.31. The highest BCUT2D eigenvalue weighted by molar-refractivity contribution is 5.57. The van der Waals surface area contributed by atoms with Crippen LogP contribution in [0.2, 0.25) is 0 Å². The zero-order chi connectivity index (χ0) is 11.4. The van der Waals surface area contributed by atoms with Crippen molar-refractivity contribution in [2.45, 2.75) is 19.9 Å². The van der Waals surface area contributed by atoms with E-state index in [0.717, 1.165) is 5.56 Å². The molecule has 0 bridgehead atoms. The van der Waals surface area contributed by atoms with Gasteiger partial charge in [0.1, 0.15) is 0 Å². The van der Waals surface area contributed by atoms with Gasteiger partial charge in [-0.15, -0.1) is 6.58 Å². The Morgan fingerprint density at radius 1 is 1.73 bits per heavy atom. The molecule has 0 aliphatic carbocycles. The molecule has 1 aromatic rings. The molecule has 1 N–H and O–H groups in total. The van der Waals surface area contributed by atoms with Crippen molar-refractivity contribution >= 4 is 11.5 Å². The second-order valence-corrected chi connectivity index (χ2v) is 3.31. The van der Waals surface area contributed by atoms with E-state index in [4.69, 9.17) is 0 Å². The number of nitro groups is 1. The summed E-state index contributed by atoms with van der Waals surface area (Å²) < 4.78 is 0. The zero-order valence-corrected chi connectivity index (χ0v) is 8.73. The molecular weight excluding hydrogens is 194 g/mol. The molecule has 0 spiro atoms. The fourth-order valence-corrected chi connectivity index (χ4v) is 1.08. The first-order valence-electron chi connectivity index (χ1n) is 4.54. The third kappa shape index (κ3) is 2.77. The van der Waals surface area contributed by atoms with E-state index in [1.165, 1.54) is 6.07 Å². The number of pyridine rings is 1. The smallest absolute Gasteiger partial charge is 0.311 e. The van der Waals surface area contributed by atoms with Gasteiger partial charge in [-0.05, 0) is 19.4 Å². The van der Waals surface area contributed by atoms with E-state index in [9.17, 15) is 10.1 Å². The quantitative estimate of drug-likeness (QED) is 0.467. The molecule has 0 radical (unpaired) electrons. The van der Waals surface area contributed by atoms with Gasteiger partial charge in [0.15, 0.2) is 0 Å². The molecule has 1 heterocycles. The van der Waals surface area contributed by atoms with Crippen molar-refractivity contribution in [1.29, 1.82) is 0 Å². The van der Waals surface area contributed by atoms with Crippen LogP contribution in [0.15, 0.2) is 24.9 Å². The summed E-state index contributed by atoms with van der Waals surface area (Å²) in [4.78, 5) is 14.3. The predicted molar refractivity (Wildman–Crippen MR) is 58.9 cm³/mol. The minimum absolute atomic E-state index is 0.0105. The van der Waals surface area contributed by atoms with Gasteiger partial charge in [0.05, 0.1) is 4.92 Å². The first-order chi connectivity index (χ1) is 7.04. The zero-order valence-electron chi connectivity index (χ0n) is 8.73. The maximum absolute atomic E-state index is 10.7. The summed E-state index contributed by atoms with van der Waals surface area (Å²) >= 11 is 0. The minimum Gasteiger partial charge on any atom is -0.358 e. The number of nitrogens with one attached hydrogen (secondary N) is 1. The molecule has 80 valence electrons. The Bertz CT molecular complexity index is 390. The van der Waals surface area contributed by atoms with Gasteiger partial charge in [-0.1, -0.05) is 6.08 Å². The van der Waals surface area contributed by atoms with E-state index in [0.29, 0.717) is 0 Å². The van der Waals surface area contributed by atoms with Gasteiger partial charge in [0, 0.05) is 18.3 Å². The fraction of sp³-hybridized carbons (Fsp3) is 0.300. The lowest BCUT2D eigenvalue weighted by Gasteiger charge is -2.09. The van der Waals surface area contributed by atoms with Gasteiger partial charge in [-0.3, -0.25) is 10.1 Å². The molecule has 1 aromatic heterocycles. The standard InChI is InChI=1S/C10H13N3O2/c1-4-8(3)12-10-9(13(14)15)5-7(2)6-11-10/h4-6,8H,1H2,2-3H3,(H,11,12). The Morgan fingerprint density at radius 2 is 2.40 bits per heavy atom. The van der Waals surface area contributed by atoms with Crippen LogP contribution in [0, 0.1) is 17.0 Å². The minimum atomic E-state index is -0.446. The molecule has 0 fully saturated rings. The third-order valence-electron chi connectivity index (χ3n) is 1.92. The lowest BCUT2D eigenvalue weighted by atomic mass is 10.2. The number of rotatable bonds is 4. The van der Waals surface area contributed by atoms with Crippen molar-refractivity contribution in [3.05, 3.63) is 40.6 Å². The van der Waals surface area contributed by atoms with Crippen LogP contribution in [0.1, 0.15) is 12.5 Å². The lowest BCUT2D eigenvalue weighted by Crippen LogP contribution is -2.14. The summed E-state index contributed by atoms with van der Waals surface area (Å²) in [5.41, 5.74) is 0.752. The van der Waals surface area contributed by atoms with Crippen LogP contribution in [-0.2, 0) is 0 Å². The molecule has 1 atom stereocenters. The third-order valence-corrected chi connectivity index (χ3v) is 1.92. The molecule has 0 aliphatic heterocycles. The highest BCUT2D eigenvalue weighted by Crippen LogP contribution is 2.22. The summed E-state index contributed by atoms with van der Waals surface area (Å²) in [7, 11) is 0. The SMILES string of the molecule is C=CC(C)Nc1ncc(C)cc1[N+](=O)[O-]. The van der Waals surface area contributed by atoms with Gasteiger partial charge in [0.25, 0.3) is 0 Å². The van der Waals surface area contributed by atoms with Gasteiger partial charge >= 0.3 is 5.69 Å². The Kier molecular flexibility index (Phi) is 3.38. The summed E-state index contributed by atoms with van der Waals surface area (Å²) in [6.45, 7) is 7.20. The van der Waals surface area contributed by atoms with E-state index in [2.05, 4.69) is 16.9 Å². The maximum atomic E-state index is 10.7. The molecule has 0 aromatic carbocycles. The Morgan fingerprint density at radius 3 is 2.93 bits per heavy atom. The maximum Gasteiger partial charge on any atom is 0.311 e. The number of anilines is 1. The summed E-state index contributed by atoms with van der Waals surface area (Å²) in [6.07, 6.45) is 3.25. The molecule has 1 rings (SSSR count). The van der Waals surface area contributed by atoms with E-state index < -0.39 is 4.92 Å². The van der Waals surface area contributed by atoms with Gasteiger partial charge in [0.2, 0.25) is 5.82 Å². The molecule has 15 heavy (non-hydrogen) atoms. The van der Waals surface area contributed by atoms with Crippen LogP contribution in [-0.4, -0.2) is 15.9 Å². The van der Waals surface area contributed by atoms with E-state index in [1.54, 1.807) is 19.2 Å². The normalized spacial score (nSPS) is 11.9. The Hall–Kier alpha value is -1.91. The topological polar surface area (TPSA) is 68.1 Å². The van der Waals surface area contributed by atoms with Crippen LogP contribution in [0.25, 0.3) is 0 Å². The first-order valence-corrected chi connectivity index (χ1v) is 4.54. The van der Waals surface area contributed by atoms with E-state index in [-0.39, 0.29) is 17.5 Å². The summed E-state index contributed by atoms with van der Waals surface area (Å²) in [5.74, 6) is 0.276. The van der Waals surface area contributed by atoms with Crippen molar-refractivity contribution in [1.82, 2.24) is 4.98 Å². The van der Waals surface area contributed by atoms with Gasteiger partial charge < -0.3 is 5.32 Å². The molecule has 1 unspecified atom stereocenters. The molecule has 0 saturated heterocycles. The van der Waals surface area contributed by atoms with Crippen LogP contribution in [0.4, 0.5) is 11.5 Å². The number of nitrogens with zero attached hydrogens (tertiary/aromatic N) is 2. The van der Waals surface area contributed by atoms with Crippen molar-refractivity contribution in [3.63, 3.8) is 0 Å². The van der Waals surface area contributed by atoms with Crippen molar-refractivity contribution in [3.8, 4) is 0 Å². The van der Waals surface area contributed by atoms with Crippen molar-refractivity contribution in [2.75, 3.05) is 5.32 Å². The number of hydrogen-bond acceptors (Lipinski definition) is 4. The average molecular weight is 207 g/mol. The van der Waals surface area contributed by atoms with Crippen LogP contribution in [0.5, 0.6) is 0 Å². The summed E-state index contributed by atoms with van der Waals surface area (Å²) in [5, 5.41) is 13.6. The predicted octanol–water partition coefficient (Wildman–Crippen LogP) is 2.28. The summed E-state index contributed by atoms with van der Waals surface area (Å²) in [6, 6.07) is 1.43. The highest BCUT2D eigenvalue weighted by Gasteiger charge is 2.15. The van der Waals surface area contributed by atoms with Crippen LogP contribution >= 0.6 is 0 Å². The molecular formula is C10H13N3O2. The monoisotopic (exact) mass is 207 g/mol. The molecule has 0 amide bonds.